The maximum absolute atomic E-state index is 12.6. The molecule has 168 valence electrons. The summed E-state index contributed by atoms with van der Waals surface area (Å²) in [5, 5.41) is 10.8. The van der Waals surface area contributed by atoms with Gasteiger partial charge in [0.2, 0.25) is 0 Å². The van der Waals surface area contributed by atoms with Crippen molar-refractivity contribution >= 4 is 68.6 Å². The quantitative estimate of drug-likeness (QED) is 0.121. The first-order valence-corrected chi connectivity index (χ1v) is 12.2. The molecule has 32 heavy (non-hydrogen) atoms. The van der Waals surface area contributed by atoms with Crippen LogP contribution in [0.1, 0.15) is 31.4 Å². The fourth-order valence-electron chi connectivity index (χ4n) is 3.01. The van der Waals surface area contributed by atoms with E-state index >= 15 is 0 Å². The zero-order valence-electron chi connectivity index (χ0n) is 17.5. The molecule has 0 unspecified atom stereocenters. The van der Waals surface area contributed by atoms with Crippen LogP contribution in [0.15, 0.2) is 41.3 Å². The first kappa shape index (κ1) is 24.5. The van der Waals surface area contributed by atoms with E-state index in [1.165, 1.54) is 23.9 Å². The lowest BCUT2D eigenvalue weighted by Gasteiger charge is -2.15. The number of non-ortho nitro benzene ring substituents is 1. The Morgan fingerprint density at radius 2 is 1.94 bits per heavy atom. The Balaban J connectivity index is 1.82. The minimum Gasteiger partial charge on any atom is -0.490 e. The van der Waals surface area contributed by atoms with Crippen LogP contribution in [0.2, 0.25) is 0 Å². The van der Waals surface area contributed by atoms with E-state index in [4.69, 9.17) is 21.7 Å². The van der Waals surface area contributed by atoms with Gasteiger partial charge in [0.1, 0.15) is 10.9 Å². The summed E-state index contributed by atoms with van der Waals surface area (Å²) in [4.78, 5) is 25.2. The fraction of sp³-hybridized carbons (Fsp3) is 0.273. The van der Waals surface area contributed by atoms with Crippen molar-refractivity contribution in [1.29, 1.82) is 0 Å². The van der Waals surface area contributed by atoms with E-state index < -0.39 is 4.92 Å². The van der Waals surface area contributed by atoms with Crippen LogP contribution in [0, 0.1) is 13.7 Å². The van der Waals surface area contributed by atoms with E-state index in [-0.39, 0.29) is 18.2 Å². The van der Waals surface area contributed by atoms with Crippen LogP contribution in [-0.4, -0.2) is 33.2 Å². The van der Waals surface area contributed by atoms with Crippen LogP contribution in [0.4, 0.5) is 5.69 Å². The van der Waals surface area contributed by atoms with Gasteiger partial charge in [0.05, 0.1) is 20.0 Å². The van der Waals surface area contributed by atoms with Gasteiger partial charge in [-0.1, -0.05) is 30.9 Å². The van der Waals surface area contributed by atoms with E-state index in [2.05, 4.69) is 22.6 Å². The monoisotopic (exact) mass is 584 g/mol. The zero-order chi connectivity index (χ0) is 23.3. The second-order valence-corrected chi connectivity index (χ2v) is 9.65. The molecule has 7 nitrogen and oxygen atoms in total. The van der Waals surface area contributed by atoms with Crippen LogP contribution in [0.5, 0.6) is 11.5 Å². The second-order valence-electron chi connectivity index (χ2n) is 6.81. The molecule has 0 aliphatic carbocycles. The molecule has 0 atom stereocenters. The van der Waals surface area contributed by atoms with Gasteiger partial charge in [-0.25, -0.2) is 0 Å². The average Bonchev–Trinajstić information content (AvgIpc) is 3.01. The smallest absolute Gasteiger partial charge is 0.269 e. The molecule has 0 bridgehead atoms. The van der Waals surface area contributed by atoms with Gasteiger partial charge in [-0.2, -0.15) is 0 Å². The molecule has 1 amide bonds. The van der Waals surface area contributed by atoms with E-state index in [0.717, 1.165) is 21.1 Å². The van der Waals surface area contributed by atoms with Crippen LogP contribution in [0.3, 0.4) is 0 Å². The standard InChI is InChI=1S/C22H21IN2O5S2/c1-3-9-24-21(26)19(32-22(24)31)12-15-10-17(23)20(18(11-15)29-4-2)30-13-14-5-7-16(8-6-14)25(27)28/h5-8,10-12H,3-4,9,13H2,1-2H3/b19-12-. The van der Waals surface area contributed by atoms with E-state index in [1.54, 1.807) is 17.0 Å². The maximum atomic E-state index is 12.6. The molecule has 1 heterocycles. The summed E-state index contributed by atoms with van der Waals surface area (Å²) >= 11 is 8.81. The van der Waals surface area contributed by atoms with Gasteiger partial charge >= 0.3 is 0 Å². The van der Waals surface area contributed by atoms with Crippen LogP contribution in [-0.2, 0) is 11.4 Å². The number of hydrogen-bond acceptors (Lipinski definition) is 7. The Bertz CT molecular complexity index is 1070. The highest BCUT2D eigenvalue weighted by molar-refractivity contribution is 14.1. The summed E-state index contributed by atoms with van der Waals surface area (Å²) in [5.74, 6) is 1.08. The SMILES string of the molecule is CCCN1C(=O)/C(=C/c2cc(I)c(OCc3ccc([N+](=O)[O-])cc3)c(OCC)c2)SC1=S. The molecular weight excluding hydrogens is 563 g/mol. The van der Waals surface area contributed by atoms with Crippen molar-refractivity contribution in [3.63, 3.8) is 0 Å². The molecule has 0 N–H and O–H groups in total. The third-order valence-electron chi connectivity index (χ3n) is 4.48. The van der Waals surface area contributed by atoms with Crippen molar-refractivity contribution in [3.8, 4) is 11.5 Å². The normalized spacial score (nSPS) is 14.8. The Kier molecular flexibility index (Phi) is 8.49. The van der Waals surface area contributed by atoms with Gasteiger partial charge in [0, 0.05) is 18.7 Å². The topological polar surface area (TPSA) is 81.9 Å². The zero-order valence-corrected chi connectivity index (χ0v) is 21.3. The number of carbonyl (C=O) groups is 1. The van der Waals surface area contributed by atoms with Gasteiger partial charge in [0.15, 0.2) is 11.5 Å². The molecule has 0 spiro atoms. The molecule has 1 aliphatic rings. The third-order valence-corrected chi connectivity index (χ3v) is 6.66. The number of halogens is 1. The van der Waals surface area contributed by atoms with Crippen molar-refractivity contribution in [3.05, 3.63) is 66.1 Å². The largest absolute Gasteiger partial charge is 0.490 e. The number of amides is 1. The van der Waals surface area contributed by atoms with Crippen molar-refractivity contribution in [1.82, 2.24) is 4.90 Å². The highest BCUT2D eigenvalue weighted by Gasteiger charge is 2.31. The lowest BCUT2D eigenvalue weighted by molar-refractivity contribution is -0.384. The summed E-state index contributed by atoms with van der Waals surface area (Å²) in [5.41, 5.74) is 1.65. The number of benzene rings is 2. The molecule has 2 aromatic carbocycles. The summed E-state index contributed by atoms with van der Waals surface area (Å²) in [6, 6.07) is 9.98. The molecule has 2 aromatic rings. The number of ether oxygens (including phenoxy) is 2. The Labute approximate surface area is 209 Å². The molecule has 0 radical (unpaired) electrons. The molecular formula is C22H21IN2O5S2. The van der Waals surface area contributed by atoms with Gasteiger partial charge in [-0.15, -0.1) is 0 Å². The lowest BCUT2D eigenvalue weighted by Crippen LogP contribution is -2.28. The molecule has 3 rings (SSSR count). The number of nitro benzene ring substituents is 1. The van der Waals surface area contributed by atoms with Crippen molar-refractivity contribution < 1.29 is 19.2 Å². The number of nitro groups is 1. The Morgan fingerprint density at radius 1 is 1.22 bits per heavy atom. The second kappa shape index (κ2) is 11.1. The maximum Gasteiger partial charge on any atom is 0.269 e. The highest BCUT2D eigenvalue weighted by atomic mass is 127. The van der Waals surface area contributed by atoms with E-state index in [9.17, 15) is 14.9 Å². The molecule has 1 aliphatic heterocycles. The molecule has 1 saturated heterocycles. The summed E-state index contributed by atoms with van der Waals surface area (Å²) in [6.07, 6.45) is 2.66. The summed E-state index contributed by atoms with van der Waals surface area (Å²) in [7, 11) is 0. The van der Waals surface area contributed by atoms with Gasteiger partial charge in [-0.05, 0) is 77.4 Å². The minimum atomic E-state index is -0.435. The van der Waals surface area contributed by atoms with Crippen LogP contribution >= 0.6 is 46.6 Å². The first-order valence-electron chi connectivity index (χ1n) is 9.91. The average molecular weight is 584 g/mol. The number of thiocarbonyl (C=S) groups is 1. The van der Waals surface area contributed by atoms with Gasteiger partial charge in [-0.3, -0.25) is 19.8 Å². The van der Waals surface area contributed by atoms with E-state index in [1.807, 2.05) is 32.1 Å². The molecule has 10 heteroatoms. The van der Waals surface area contributed by atoms with Crippen LogP contribution < -0.4 is 9.47 Å². The Hall–Kier alpha value is -2.18. The molecule has 1 fully saturated rings. The predicted octanol–water partition coefficient (Wildman–Crippen LogP) is 5.79. The van der Waals surface area contributed by atoms with Crippen molar-refractivity contribution in [2.45, 2.75) is 26.9 Å². The van der Waals surface area contributed by atoms with Gasteiger partial charge < -0.3 is 9.47 Å². The first-order chi connectivity index (χ1) is 15.3. The predicted molar refractivity (Wildman–Crippen MR) is 138 cm³/mol. The number of rotatable bonds is 9. The Morgan fingerprint density at radius 3 is 2.56 bits per heavy atom. The summed E-state index contributed by atoms with van der Waals surface area (Å²) < 4.78 is 13.2. The molecule has 0 aromatic heterocycles. The van der Waals surface area contributed by atoms with Gasteiger partial charge in [0.25, 0.3) is 11.6 Å². The number of thioether (sulfide) groups is 1. The fourth-order valence-corrected chi connectivity index (χ4v) is 5.10. The number of nitrogens with zero attached hydrogens (tertiary/aromatic N) is 2. The van der Waals surface area contributed by atoms with E-state index in [0.29, 0.717) is 33.9 Å². The third kappa shape index (κ3) is 5.78. The van der Waals surface area contributed by atoms with Crippen molar-refractivity contribution in [2.75, 3.05) is 13.2 Å². The van der Waals surface area contributed by atoms with Crippen LogP contribution in [0.25, 0.3) is 6.08 Å². The van der Waals surface area contributed by atoms with Crippen molar-refractivity contribution in [2.24, 2.45) is 0 Å². The summed E-state index contributed by atoms with van der Waals surface area (Å²) in [6.45, 7) is 5.19. The highest BCUT2D eigenvalue weighted by Crippen LogP contribution is 2.38. The lowest BCUT2D eigenvalue weighted by atomic mass is 10.1. The number of hydrogen-bond donors (Lipinski definition) is 0. The number of carbonyl (C=O) groups excluding carboxylic acids is 1. The minimum absolute atomic E-state index is 0.0343. The molecule has 0 saturated carbocycles.